The van der Waals surface area contributed by atoms with Gasteiger partial charge in [0.25, 0.3) is 5.91 Å². The van der Waals surface area contributed by atoms with Crippen LogP contribution in [0.25, 0.3) is 0 Å². The van der Waals surface area contributed by atoms with Crippen LogP contribution in [0.3, 0.4) is 0 Å². The van der Waals surface area contributed by atoms with Crippen LogP contribution < -0.4 is 0 Å². The molecular formula is C22H26N2O2. The van der Waals surface area contributed by atoms with Gasteiger partial charge in [-0.1, -0.05) is 42.0 Å². The van der Waals surface area contributed by atoms with Gasteiger partial charge in [0, 0.05) is 31.7 Å². The maximum Gasteiger partial charge on any atom is 0.253 e. The fourth-order valence-corrected chi connectivity index (χ4v) is 3.41. The summed E-state index contributed by atoms with van der Waals surface area (Å²) in [4.78, 5) is 29.2. The van der Waals surface area contributed by atoms with E-state index in [1.807, 2.05) is 72.2 Å². The molecule has 0 unspecified atom stereocenters. The summed E-state index contributed by atoms with van der Waals surface area (Å²) in [6.45, 7) is 6.62. The highest BCUT2D eigenvalue weighted by molar-refractivity contribution is 5.94. The van der Waals surface area contributed by atoms with Crippen LogP contribution in [0.4, 0.5) is 0 Å². The first-order valence-electron chi connectivity index (χ1n) is 9.23. The van der Waals surface area contributed by atoms with E-state index in [0.29, 0.717) is 32.6 Å². The van der Waals surface area contributed by atoms with Crippen molar-refractivity contribution >= 4 is 11.8 Å². The maximum atomic E-state index is 12.7. The average molecular weight is 350 g/mol. The lowest BCUT2D eigenvalue weighted by Crippen LogP contribution is -2.38. The summed E-state index contributed by atoms with van der Waals surface area (Å²) in [6.07, 6.45) is 1.25. The number of aryl methyl sites for hydroxylation is 2. The molecule has 4 nitrogen and oxygen atoms in total. The molecule has 1 heterocycles. The summed E-state index contributed by atoms with van der Waals surface area (Å²) in [5.41, 5.74) is 4.03. The van der Waals surface area contributed by atoms with Crippen LogP contribution in [0.1, 0.15) is 33.5 Å². The Balaban J connectivity index is 1.62. The van der Waals surface area contributed by atoms with Crippen molar-refractivity contribution in [2.24, 2.45) is 0 Å². The summed E-state index contributed by atoms with van der Waals surface area (Å²) >= 11 is 0. The first kappa shape index (κ1) is 18.2. The van der Waals surface area contributed by atoms with Crippen LogP contribution in [0.15, 0.2) is 48.5 Å². The van der Waals surface area contributed by atoms with Gasteiger partial charge in [-0.2, -0.15) is 0 Å². The predicted molar refractivity (Wildman–Crippen MR) is 103 cm³/mol. The van der Waals surface area contributed by atoms with Crippen molar-refractivity contribution in [3.63, 3.8) is 0 Å². The molecule has 2 aromatic rings. The zero-order valence-corrected chi connectivity index (χ0v) is 15.6. The van der Waals surface area contributed by atoms with E-state index in [1.165, 1.54) is 0 Å². The number of benzene rings is 2. The normalized spacial score (nSPS) is 14.8. The third kappa shape index (κ3) is 4.31. The summed E-state index contributed by atoms with van der Waals surface area (Å²) in [5.74, 6) is 0.200. The third-order valence-corrected chi connectivity index (χ3v) is 5.00. The second kappa shape index (κ2) is 8.17. The van der Waals surface area contributed by atoms with Crippen molar-refractivity contribution in [2.75, 3.05) is 26.2 Å². The average Bonchev–Trinajstić information content (AvgIpc) is 2.89. The zero-order valence-electron chi connectivity index (χ0n) is 15.6. The van der Waals surface area contributed by atoms with Gasteiger partial charge in [-0.05, 0) is 43.5 Å². The van der Waals surface area contributed by atoms with Gasteiger partial charge < -0.3 is 9.80 Å². The van der Waals surface area contributed by atoms with Gasteiger partial charge in [-0.15, -0.1) is 0 Å². The molecule has 2 amide bonds. The summed E-state index contributed by atoms with van der Waals surface area (Å²) in [5, 5.41) is 0. The Morgan fingerprint density at radius 3 is 2.38 bits per heavy atom. The number of amides is 2. The van der Waals surface area contributed by atoms with E-state index < -0.39 is 0 Å². The number of hydrogen-bond donors (Lipinski definition) is 0. The molecule has 26 heavy (non-hydrogen) atoms. The molecule has 4 heteroatoms. The largest absolute Gasteiger partial charge is 0.341 e. The summed E-state index contributed by atoms with van der Waals surface area (Å²) in [7, 11) is 0. The Kier molecular flexibility index (Phi) is 5.71. The molecule has 1 fully saturated rings. The molecule has 0 radical (unpaired) electrons. The van der Waals surface area contributed by atoms with Gasteiger partial charge in [0.1, 0.15) is 0 Å². The van der Waals surface area contributed by atoms with Gasteiger partial charge in [-0.3, -0.25) is 9.59 Å². The number of hydrogen-bond acceptors (Lipinski definition) is 2. The van der Waals surface area contributed by atoms with Crippen LogP contribution in [0.2, 0.25) is 0 Å². The lowest BCUT2D eigenvalue weighted by molar-refractivity contribution is -0.130. The fraction of sp³-hybridized carbons (Fsp3) is 0.364. The monoisotopic (exact) mass is 350 g/mol. The van der Waals surface area contributed by atoms with Crippen molar-refractivity contribution in [2.45, 2.75) is 26.7 Å². The van der Waals surface area contributed by atoms with E-state index in [2.05, 4.69) is 0 Å². The molecule has 0 N–H and O–H groups in total. The molecule has 0 atom stereocenters. The zero-order chi connectivity index (χ0) is 18.5. The Morgan fingerprint density at radius 2 is 1.62 bits per heavy atom. The minimum absolute atomic E-state index is 0.0573. The standard InChI is InChI=1S/C22H26N2O2/c1-17-7-5-10-20(15-17)22(26)24-12-6-11-23(13-14-24)21(25)16-19-9-4-3-8-18(19)2/h3-5,7-10,15H,6,11-14,16H2,1-2H3. The van der Waals surface area contributed by atoms with Crippen LogP contribution in [-0.4, -0.2) is 47.8 Å². The second-order valence-electron chi connectivity index (χ2n) is 7.00. The molecule has 0 aliphatic carbocycles. The Labute approximate surface area is 155 Å². The molecule has 1 saturated heterocycles. The van der Waals surface area contributed by atoms with Crippen LogP contribution in [-0.2, 0) is 11.2 Å². The topological polar surface area (TPSA) is 40.6 Å². The van der Waals surface area contributed by atoms with Crippen LogP contribution in [0, 0.1) is 13.8 Å². The number of carbonyl (C=O) groups excluding carboxylic acids is 2. The van der Waals surface area contributed by atoms with Gasteiger partial charge in [0.05, 0.1) is 6.42 Å². The van der Waals surface area contributed by atoms with Crippen molar-refractivity contribution in [1.82, 2.24) is 9.80 Å². The molecule has 0 saturated carbocycles. The minimum atomic E-state index is 0.0573. The van der Waals surface area contributed by atoms with Gasteiger partial charge in [-0.25, -0.2) is 0 Å². The van der Waals surface area contributed by atoms with Crippen molar-refractivity contribution in [1.29, 1.82) is 0 Å². The highest BCUT2D eigenvalue weighted by Gasteiger charge is 2.23. The molecule has 0 spiro atoms. The fourth-order valence-electron chi connectivity index (χ4n) is 3.41. The molecule has 136 valence electrons. The van der Waals surface area contributed by atoms with Gasteiger partial charge >= 0.3 is 0 Å². The molecular weight excluding hydrogens is 324 g/mol. The smallest absolute Gasteiger partial charge is 0.253 e. The number of rotatable bonds is 3. The van der Waals surface area contributed by atoms with Crippen LogP contribution >= 0.6 is 0 Å². The van der Waals surface area contributed by atoms with E-state index in [4.69, 9.17) is 0 Å². The summed E-state index contributed by atoms with van der Waals surface area (Å²) in [6, 6.07) is 15.7. The lowest BCUT2D eigenvalue weighted by atomic mass is 10.1. The van der Waals surface area contributed by atoms with E-state index in [-0.39, 0.29) is 11.8 Å². The molecule has 3 rings (SSSR count). The summed E-state index contributed by atoms with van der Waals surface area (Å²) < 4.78 is 0. The Bertz CT molecular complexity index is 800. The Morgan fingerprint density at radius 1 is 0.885 bits per heavy atom. The molecule has 1 aliphatic heterocycles. The van der Waals surface area contributed by atoms with E-state index in [1.54, 1.807) is 0 Å². The lowest BCUT2D eigenvalue weighted by Gasteiger charge is -2.22. The number of nitrogens with zero attached hydrogens (tertiary/aromatic N) is 2. The minimum Gasteiger partial charge on any atom is -0.341 e. The van der Waals surface area contributed by atoms with Gasteiger partial charge in [0.15, 0.2) is 0 Å². The van der Waals surface area contributed by atoms with Crippen molar-refractivity contribution < 1.29 is 9.59 Å². The van der Waals surface area contributed by atoms with E-state index >= 15 is 0 Å². The van der Waals surface area contributed by atoms with Gasteiger partial charge in [0.2, 0.25) is 5.91 Å². The molecule has 0 aromatic heterocycles. The quantitative estimate of drug-likeness (QED) is 0.853. The molecule has 2 aromatic carbocycles. The first-order chi connectivity index (χ1) is 12.5. The highest BCUT2D eigenvalue weighted by atomic mass is 16.2. The number of carbonyl (C=O) groups is 2. The third-order valence-electron chi connectivity index (χ3n) is 5.00. The first-order valence-corrected chi connectivity index (χ1v) is 9.23. The van der Waals surface area contributed by atoms with Crippen molar-refractivity contribution in [3.8, 4) is 0 Å². The second-order valence-corrected chi connectivity index (χ2v) is 7.00. The van der Waals surface area contributed by atoms with Crippen molar-refractivity contribution in [3.05, 3.63) is 70.8 Å². The van der Waals surface area contributed by atoms with Crippen LogP contribution in [0.5, 0.6) is 0 Å². The maximum absolute atomic E-state index is 12.7. The highest BCUT2D eigenvalue weighted by Crippen LogP contribution is 2.13. The SMILES string of the molecule is Cc1cccc(C(=O)N2CCCN(C(=O)Cc3ccccc3C)CC2)c1. The van der Waals surface area contributed by atoms with E-state index in [0.717, 1.165) is 28.7 Å². The molecule has 1 aliphatic rings. The Hall–Kier alpha value is -2.62. The molecule has 0 bridgehead atoms. The van der Waals surface area contributed by atoms with E-state index in [9.17, 15) is 9.59 Å². The predicted octanol–water partition coefficient (Wildman–Crippen LogP) is 3.22.